The largest absolute Gasteiger partial charge is 0.481 e. The molecular formula is C13H16N4O3. The molecule has 0 aliphatic carbocycles. The third kappa shape index (κ3) is 2.76. The highest BCUT2D eigenvalue weighted by Gasteiger charge is 2.26. The van der Waals surface area contributed by atoms with Crippen LogP contribution in [0.1, 0.15) is 30.6 Å². The molecule has 7 nitrogen and oxygen atoms in total. The second-order valence-electron chi connectivity index (χ2n) is 5.14. The molecule has 106 valence electrons. The van der Waals surface area contributed by atoms with Crippen molar-refractivity contribution in [3.63, 3.8) is 0 Å². The number of hydrogen-bond acceptors (Lipinski definition) is 4. The Morgan fingerprint density at radius 2 is 2.20 bits per heavy atom. The van der Waals surface area contributed by atoms with Gasteiger partial charge in [0.25, 0.3) is 5.91 Å². The highest BCUT2D eigenvalue weighted by Crippen LogP contribution is 2.19. The summed E-state index contributed by atoms with van der Waals surface area (Å²) in [4.78, 5) is 27.1. The van der Waals surface area contributed by atoms with Crippen LogP contribution in [0.2, 0.25) is 0 Å². The van der Waals surface area contributed by atoms with Crippen molar-refractivity contribution in [2.75, 3.05) is 6.54 Å². The SMILES string of the molecule is CC(C)(CCNC(=O)c1cnn2cccnc12)C(=O)O. The normalized spacial score (nSPS) is 11.5. The number of carboxylic acid groups (broad SMARTS) is 1. The van der Waals surface area contributed by atoms with Crippen molar-refractivity contribution in [1.29, 1.82) is 0 Å². The Morgan fingerprint density at radius 3 is 2.90 bits per heavy atom. The van der Waals surface area contributed by atoms with Crippen molar-refractivity contribution in [1.82, 2.24) is 19.9 Å². The highest BCUT2D eigenvalue weighted by atomic mass is 16.4. The molecule has 0 saturated carbocycles. The predicted octanol–water partition coefficient (Wildman–Crippen LogP) is 0.960. The average molecular weight is 276 g/mol. The van der Waals surface area contributed by atoms with Crippen LogP contribution >= 0.6 is 0 Å². The first-order valence-electron chi connectivity index (χ1n) is 6.22. The van der Waals surface area contributed by atoms with Gasteiger partial charge >= 0.3 is 5.97 Å². The molecule has 2 aromatic heterocycles. The van der Waals surface area contributed by atoms with E-state index in [9.17, 15) is 9.59 Å². The molecule has 2 rings (SSSR count). The standard InChI is InChI=1S/C13H16N4O3/c1-13(2,12(19)20)4-6-15-11(18)9-8-16-17-7-3-5-14-10(9)17/h3,5,7-8H,4,6H2,1-2H3,(H,15,18)(H,19,20). The lowest BCUT2D eigenvalue weighted by molar-refractivity contribution is -0.147. The van der Waals surface area contributed by atoms with Gasteiger partial charge in [0.2, 0.25) is 0 Å². The summed E-state index contributed by atoms with van der Waals surface area (Å²) in [5.41, 5.74) is -0.0201. The molecule has 0 fully saturated rings. The minimum Gasteiger partial charge on any atom is -0.481 e. The average Bonchev–Trinajstić information content (AvgIpc) is 2.82. The zero-order valence-corrected chi connectivity index (χ0v) is 11.3. The third-order valence-electron chi connectivity index (χ3n) is 3.14. The molecule has 7 heteroatoms. The van der Waals surface area contributed by atoms with Crippen LogP contribution in [0, 0.1) is 5.41 Å². The minimum absolute atomic E-state index is 0.280. The molecule has 0 unspecified atom stereocenters. The molecule has 0 atom stereocenters. The van der Waals surface area contributed by atoms with Crippen LogP contribution in [-0.4, -0.2) is 38.1 Å². The Labute approximate surface area is 115 Å². The second-order valence-corrected chi connectivity index (χ2v) is 5.14. The fraction of sp³-hybridized carbons (Fsp3) is 0.385. The molecule has 0 aliphatic heterocycles. The number of amides is 1. The molecule has 0 radical (unpaired) electrons. The molecular weight excluding hydrogens is 260 g/mol. The van der Waals surface area contributed by atoms with Gasteiger partial charge in [-0.2, -0.15) is 5.10 Å². The maximum Gasteiger partial charge on any atom is 0.309 e. The van der Waals surface area contributed by atoms with Crippen molar-refractivity contribution in [3.05, 3.63) is 30.2 Å². The third-order valence-corrected chi connectivity index (χ3v) is 3.14. The number of nitrogens with zero attached hydrogens (tertiary/aromatic N) is 3. The summed E-state index contributed by atoms with van der Waals surface area (Å²) in [7, 11) is 0. The van der Waals surface area contributed by atoms with Crippen molar-refractivity contribution in [3.8, 4) is 0 Å². The van der Waals surface area contributed by atoms with E-state index in [-0.39, 0.29) is 12.5 Å². The molecule has 0 aromatic carbocycles. The first-order chi connectivity index (χ1) is 9.42. The van der Waals surface area contributed by atoms with E-state index < -0.39 is 11.4 Å². The summed E-state index contributed by atoms with van der Waals surface area (Å²) in [5, 5.41) is 15.7. The first kappa shape index (κ1) is 14.0. The van der Waals surface area contributed by atoms with Gasteiger partial charge < -0.3 is 10.4 Å². The number of aliphatic carboxylic acids is 1. The lowest BCUT2D eigenvalue weighted by atomic mass is 9.90. The smallest absolute Gasteiger partial charge is 0.309 e. The van der Waals surface area contributed by atoms with Crippen LogP contribution in [0.15, 0.2) is 24.7 Å². The Hall–Kier alpha value is -2.44. The molecule has 0 aliphatic rings. The van der Waals surface area contributed by atoms with Gasteiger partial charge in [0.05, 0.1) is 11.6 Å². The summed E-state index contributed by atoms with van der Waals surface area (Å²) in [6, 6.07) is 1.72. The van der Waals surface area contributed by atoms with Gasteiger partial charge in [-0.25, -0.2) is 9.50 Å². The number of hydrogen-bond donors (Lipinski definition) is 2. The number of aromatic nitrogens is 3. The Balaban J connectivity index is 2.01. The van der Waals surface area contributed by atoms with Crippen molar-refractivity contribution >= 4 is 17.5 Å². The monoisotopic (exact) mass is 276 g/mol. The number of carboxylic acids is 1. The number of fused-ring (bicyclic) bond motifs is 1. The van der Waals surface area contributed by atoms with Gasteiger partial charge in [-0.3, -0.25) is 9.59 Å². The summed E-state index contributed by atoms with van der Waals surface area (Å²) < 4.78 is 1.51. The van der Waals surface area contributed by atoms with E-state index in [1.807, 2.05) is 0 Å². The van der Waals surface area contributed by atoms with E-state index in [0.717, 1.165) is 0 Å². The van der Waals surface area contributed by atoms with Gasteiger partial charge in [-0.15, -0.1) is 0 Å². The Morgan fingerprint density at radius 1 is 1.45 bits per heavy atom. The van der Waals surface area contributed by atoms with Gasteiger partial charge in [-0.05, 0) is 26.3 Å². The zero-order chi connectivity index (χ0) is 14.8. The van der Waals surface area contributed by atoms with Crippen LogP contribution in [0.3, 0.4) is 0 Å². The highest BCUT2D eigenvalue weighted by molar-refractivity contribution is 5.99. The van der Waals surface area contributed by atoms with Crippen LogP contribution in [0.25, 0.3) is 5.65 Å². The lowest BCUT2D eigenvalue weighted by Gasteiger charge is -2.18. The molecule has 0 bridgehead atoms. The van der Waals surface area contributed by atoms with Crippen LogP contribution in [0.4, 0.5) is 0 Å². The number of nitrogens with one attached hydrogen (secondary N) is 1. The molecule has 0 spiro atoms. The molecule has 2 aromatic rings. The molecule has 0 saturated heterocycles. The van der Waals surface area contributed by atoms with E-state index >= 15 is 0 Å². The maximum absolute atomic E-state index is 12.0. The van der Waals surface area contributed by atoms with Gasteiger partial charge in [-0.1, -0.05) is 0 Å². The summed E-state index contributed by atoms with van der Waals surface area (Å²) in [5.74, 6) is -1.19. The van der Waals surface area contributed by atoms with Crippen molar-refractivity contribution in [2.45, 2.75) is 20.3 Å². The Bertz CT molecular complexity index is 648. The quantitative estimate of drug-likeness (QED) is 0.847. The van der Waals surface area contributed by atoms with E-state index in [0.29, 0.717) is 17.6 Å². The molecule has 1 amide bonds. The second kappa shape index (κ2) is 5.28. The molecule has 2 heterocycles. The summed E-state index contributed by atoms with van der Waals surface area (Å²) in [6.07, 6.45) is 5.08. The van der Waals surface area contributed by atoms with Crippen molar-refractivity contribution < 1.29 is 14.7 Å². The van der Waals surface area contributed by atoms with Crippen LogP contribution in [0.5, 0.6) is 0 Å². The van der Waals surface area contributed by atoms with E-state index in [2.05, 4.69) is 15.4 Å². The Kier molecular flexibility index (Phi) is 3.69. The zero-order valence-electron chi connectivity index (χ0n) is 11.3. The fourth-order valence-electron chi connectivity index (χ4n) is 1.68. The molecule has 20 heavy (non-hydrogen) atoms. The summed E-state index contributed by atoms with van der Waals surface area (Å²) in [6.45, 7) is 3.53. The van der Waals surface area contributed by atoms with Crippen LogP contribution < -0.4 is 5.32 Å². The maximum atomic E-state index is 12.0. The first-order valence-corrected chi connectivity index (χ1v) is 6.22. The predicted molar refractivity (Wildman–Crippen MR) is 71.4 cm³/mol. The lowest BCUT2D eigenvalue weighted by Crippen LogP contribution is -2.31. The number of rotatable bonds is 5. The topological polar surface area (TPSA) is 96.6 Å². The van der Waals surface area contributed by atoms with E-state index in [1.54, 1.807) is 32.3 Å². The van der Waals surface area contributed by atoms with Gasteiger partial charge in [0.15, 0.2) is 5.65 Å². The minimum atomic E-state index is -0.885. The van der Waals surface area contributed by atoms with Gasteiger partial charge in [0.1, 0.15) is 5.56 Å². The van der Waals surface area contributed by atoms with E-state index in [1.165, 1.54) is 10.7 Å². The van der Waals surface area contributed by atoms with Crippen LogP contribution in [-0.2, 0) is 4.79 Å². The van der Waals surface area contributed by atoms with Crippen molar-refractivity contribution in [2.24, 2.45) is 5.41 Å². The van der Waals surface area contributed by atoms with E-state index in [4.69, 9.17) is 5.11 Å². The molecule has 2 N–H and O–H groups in total. The number of carbonyl (C=O) groups is 2. The summed E-state index contributed by atoms with van der Waals surface area (Å²) >= 11 is 0. The number of carbonyl (C=O) groups excluding carboxylic acids is 1. The fourth-order valence-corrected chi connectivity index (χ4v) is 1.68. The van der Waals surface area contributed by atoms with Gasteiger partial charge in [0, 0.05) is 18.9 Å².